The highest BCUT2D eigenvalue weighted by atomic mass is 16.5. The van der Waals surface area contributed by atoms with Gasteiger partial charge in [0.05, 0.1) is 6.61 Å². The molecule has 0 fully saturated rings. The molecule has 2 aromatic heterocycles. The van der Waals surface area contributed by atoms with Crippen LogP contribution in [-0.2, 0) is 16.1 Å². The van der Waals surface area contributed by atoms with Crippen molar-refractivity contribution in [1.82, 2.24) is 14.9 Å². The molecule has 0 aliphatic carbocycles. The first kappa shape index (κ1) is 20.7. The molecular weight excluding hydrogens is 350 g/mol. The topological polar surface area (TPSA) is 103 Å². The van der Waals surface area contributed by atoms with Crippen molar-refractivity contribution in [2.75, 3.05) is 6.61 Å². The number of carbonyl (C=O) groups excluding carboxylic acids is 2. The van der Waals surface area contributed by atoms with Crippen molar-refractivity contribution in [2.45, 2.75) is 60.0 Å². The number of hydrogen-bond donors (Lipinski definition) is 1. The van der Waals surface area contributed by atoms with Crippen molar-refractivity contribution < 1.29 is 18.7 Å². The fourth-order valence-corrected chi connectivity index (χ4v) is 2.83. The highest BCUT2D eigenvalue weighted by Gasteiger charge is 2.24. The van der Waals surface area contributed by atoms with Crippen molar-refractivity contribution >= 4 is 23.0 Å². The van der Waals surface area contributed by atoms with Crippen LogP contribution in [0.5, 0.6) is 0 Å². The summed E-state index contributed by atoms with van der Waals surface area (Å²) >= 11 is 0. The van der Waals surface area contributed by atoms with E-state index in [1.165, 1.54) is 10.9 Å². The summed E-state index contributed by atoms with van der Waals surface area (Å²) in [6.07, 6.45) is 3.12. The van der Waals surface area contributed by atoms with E-state index in [1.54, 1.807) is 13.8 Å². The number of furan rings is 1. The largest absolute Gasteiger partial charge is 0.462 e. The zero-order chi connectivity index (χ0) is 20.1. The first-order valence-corrected chi connectivity index (χ1v) is 9.19. The Morgan fingerprint density at radius 3 is 2.63 bits per heavy atom. The Labute approximate surface area is 157 Å². The molecule has 0 saturated carbocycles. The molecule has 0 aliphatic rings. The van der Waals surface area contributed by atoms with Gasteiger partial charge in [0, 0.05) is 6.04 Å². The lowest BCUT2D eigenvalue weighted by Crippen LogP contribution is -2.37. The molecule has 1 N–H and O–H groups in total. The van der Waals surface area contributed by atoms with Crippen molar-refractivity contribution in [2.24, 2.45) is 5.92 Å². The number of amides is 1. The van der Waals surface area contributed by atoms with E-state index in [0.29, 0.717) is 5.92 Å². The lowest BCUT2D eigenvalue weighted by atomic mass is 10.0. The number of aryl methyl sites for hydroxylation is 1. The van der Waals surface area contributed by atoms with Gasteiger partial charge in [-0.3, -0.25) is 14.2 Å². The van der Waals surface area contributed by atoms with E-state index in [4.69, 9.17) is 9.15 Å². The maximum absolute atomic E-state index is 12.8. The number of aromatic nitrogens is 2. The molecule has 0 radical (unpaired) electrons. The third kappa shape index (κ3) is 4.96. The molecule has 148 valence electrons. The second-order valence-corrected chi connectivity index (χ2v) is 7.05. The summed E-state index contributed by atoms with van der Waals surface area (Å²) in [6.45, 7) is 9.43. The summed E-state index contributed by atoms with van der Waals surface area (Å²) in [5.41, 5.74) is -0.392. The van der Waals surface area contributed by atoms with E-state index >= 15 is 0 Å². The van der Waals surface area contributed by atoms with Crippen LogP contribution in [0.2, 0.25) is 0 Å². The van der Waals surface area contributed by atoms with Gasteiger partial charge in [0.2, 0.25) is 11.6 Å². The number of esters is 1. The van der Waals surface area contributed by atoms with Gasteiger partial charge in [-0.05, 0) is 39.5 Å². The maximum atomic E-state index is 12.8. The lowest BCUT2D eigenvalue weighted by Gasteiger charge is -2.15. The number of rotatable bonds is 8. The molecule has 27 heavy (non-hydrogen) atoms. The molecule has 2 rings (SSSR count). The van der Waals surface area contributed by atoms with Crippen LogP contribution in [0, 0.1) is 12.8 Å². The minimum atomic E-state index is -0.642. The first-order chi connectivity index (χ1) is 12.7. The highest BCUT2D eigenvalue weighted by molar-refractivity contribution is 6.03. The van der Waals surface area contributed by atoms with Crippen LogP contribution in [0.4, 0.5) is 0 Å². The summed E-state index contributed by atoms with van der Waals surface area (Å²) in [5, 5.41) is 2.92. The van der Waals surface area contributed by atoms with Crippen LogP contribution in [0.25, 0.3) is 11.1 Å². The van der Waals surface area contributed by atoms with Gasteiger partial charge in [0.25, 0.3) is 5.56 Å². The summed E-state index contributed by atoms with van der Waals surface area (Å²) in [7, 11) is 0. The monoisotopic (exact) mass is 377 g/mol. The summed E-state index contributed by atoms with van der Waals surface area (Å²) in [4.78, 5) is 41.3. The molecular formula is C19H27N3O5. The number of ether oxygens (including phenoxy) is 1. The standard InChI is InChI=1S/C19H27N3O5/c1-6-26-19(25)15-13(5)27-17-16(15)18(24)22(10-20-17)9-14(23)21-12(4)8-7-11(2)3/h10-12H,6-9H2,1-5H3,(H,21,23)/t12-/m1/s1. The molecule has 0 spiro atoms. The van der Waals surface area contributed by atoms with Gasteiger partial charge in [-0.1, -0.05) is 13.8 Å². The Kier molecular flexibility index (Phi) is 6.76. The van der Waals surface area contributed by atoms with Crippen molar-refractivity contribution in [3.05, 3.63) is 28.0 Å². The number of fused-ring (bicyclic) bond motifs is 1. The quantitative estimate of drug-likeness (QED) is 0.709. The number of carbonyl (C=O) groups is 2. The summed E-state index contributed by atoms with van der Waals surface area (Å²) in [5.74, 6) is -0.105. The van der Waals surface area contributed by atoms with Crippen LogP contribution < -0.4 is 10.9 Å². The molecule has 0 aromatic carbocycles. The fourth-order valence-electron chi connectivity index (χ4n) is 2.83. The Morgan fingerprint density at radius 1 is 1.30 bits per heavy atom. The van der Waals surface area contributed by atoms with Crippen LogP contribution in [0.3, 0.4) is 0 Å². The Hall–Kier alpha value is -2.64. The third-order valence-electron chi connectivity index (χ3n) is 4.23. The van der Waals surface area contributed by atoms with Crippen molar-refractivity contribution in [1.29, 1.82) is 0 Å². The molecule has 8 nitrogen and oxygen atoms in total. The van der Waals surface area contributed by atoms with E-state index in [1.807, 2.05) is 6.92 Å². The van der Waals surface area contributed by atoms with Crippen LogP contribution in [0.1, 0.15) is 56.7 Å². The van der Waals surface area contributed by atoms with Crippen LogP contribution in [0.15, 0.2) is 15.5 Å². The fraction of sp³-hybridized carbons (Fsp3) is 0.579. The van der Waals surface area contributed by atoms with Gasteiger partial charge in [0.1, 0.15) is 29.6 Å². The summed E-state index contributed by atoms with van der Waals surface area (Å²) in [6, 6.07) is 0.0126. The smallest absolute Gasteiger partial charge is 0.342 e. The SMILES string of the molecule is CCOC(=O)c1c(C)oc2ncn(CC(=O)N[C@H](C)CCC(C)C)c(=O)c12. The van der Waals surface area contributed by atoms with E-state index < -0.39 is 11.5 Å². The van der Waals surface area contributed by atoms with E-state index in [0.717, 1.165) is 12.8 Å². The third-order valence-corrected chi connectivity index (χ3v) is 4.23. The molecule has 2 heterocycles. The van der Waals surface area contributed by atoms with Crippen LogP contribution in [-0.4, -0.2) is 34.1 Å². The van der Waals surface area contributed by atoms with Crippen molar-refractivity contribution in [3.63, 3.8) is 0 Å². The average Bonchev–Trinajstić information content (AvgIpc) is 2.92. The zero-order valence-corrected chi connectivity index (χ0v) is 16.5. The van der Waals surface area contributed by atoms with Gasteiger partial charge in [0.15, 0.2) is 0 Å². The zero-order valence-electron chi connectivity index (χ0n) is 16.5. The van der Waals surface area contributed by atoms with E-state index in [9.17, 15) is 14.4 Å². The second kappa shape index (κ2) is 8.83. The maximum Gasteiger partial charge on any atom is 0.342 e. The van der Waals surface area contributed by atoms with Gasteiger partial charge in [-0.15, -0.1) is 0 Å². The number of hydrogen-bond acceptors (Lipinski definition) is 6. The lowest BCUT2D eigenvalue weighted by molar-refractivity contribution is -0.122. The molecule has 0 bridgehead atoms. The molecule has 1 atom stereocenters. The minimum Gasteiger partial charge on any atom is -0.462 e. The predicted molar refractivity (Wildman–Crippen MR) is 101 cm³/mol. The molecule has 2 aromatic rings. The predicted octanol–water partition coefficient (Wildman–Crippen LogP) is 2.42. The molecule has 1 amide bonds. The number of nitrogens with zero attached hydrogens (tertiary/aromatic N) is 2. The first-order valence-electron chi connectivity index (χ1n) is 9.19. The summed E-state index contributed by atoms with van der Waals surface area (Å²) < 4.78 is 11.6. The van der Waals surface area contributed by atoms with Crippen molar-refractivity contribution in [3.8, 4) is 0 Å². The molecule has 0 aliphatic heterocycles. The Morgan fingerprint density at radius 2 is 2.00 bits per heavy atom. The molecule has 8 heteroatoms. The van der Waals surface area contributed by atoms with E-state index in [2.05, 4.69) is 24.1 Å². The normalized spacial score (nSPS) is 12.4. The Balaban J connectivity index is 2.23. The van der Waals surface area contributed by atoms with Gasteiger partial charge in [-0.2, -0.15) is 0 Å². The van der Waals surface area contributed by atoms with Crippen LogP contribution >= 0.6 is 0 Å². The van der Waals surface area contributed by atoms with Gasteiger partial charge >= 0.3 is 5.97 Å². The highest BCUT2D eigenvalue weighted by Crippen LogP contribution is 2.21. The second-order valence-electron chi connectivity index (χ2n) is 7.05. The molecule has 0 unspecified atom stereocenters. The molecule has 0 saturated heterocycles. The minimum absolute atomic E-state index is 0.0126. The van der Waals surface area contributed by atoms with Gasteiger partial charge in [-0.25, -0.2) is 9.78 Å². The van der Waals surface area contributed by atoms with Gasteiger partial charge < -0.3 is 14.5 Å². The average molecular weight is 377 g/mol. The number of nitrogens with one attached hydrogen (secondary N) is 1. The Bertz CT molecular complexity index is 881. The van der Waals surface area contributed by atoms with E-state index in [-0.39, 0.29) is 47.5 Å².